The second kappa shape index (κ2) is 7.60. The average molecular weight is 412 g/mol. The fourth-order valence-corrected chi connectivity index (χ4v) is 2.74. The molecule has 0 aliphatic carbocycles. The summed E-state index contributed by atoms with van der Waals surface area (Å²) in [4.78, 5) is 26.5. The third kappa shape index (κ3) is 3.83. The van der Waals surface area contributed by atoms with Crippen LogP contribution >= 0.6 is 23.2 Å². The number of carbonyl (C=O) groups excluding carboxylic acids is 1. The van der Waals surface area contributed by atoms with Gasteiger partial charge in [0.25, 0.3) is 5.91 Å². The van der Waals surface area contributed by atoms with Gasteiger partial charge < -0.3 is 4.74 Å². The summed E-state index contributed by atoms with van der Waals surface area (Å²) in [6, 6.07) is 5.09. The summed E-state index contributed by atoms with van der Waals surface area (Å²) in [6.45, 7) is 0.222. The molecule has 0 aliphatic rings. The van der Waals surface area contributed by atoms with Crippen molar-refractivity contribution in [3.8, 4) is 5.88 Å². The van der Waals surface area contributed by atoms with Crippen molar-refractivity contribution >= 4 is 40.7 Å². The summed E-state index contributed by atoms with van der Waals surface area (Å²) in [5.41, 5.74) is -0.336. The van der Waals surface area contributed by atoms with Crippen LogP contribution in [0.25, 0.3) is 0 Å². The van der Waals surface area contributed by atoms with E-state index in [0.717, 1.165) is 0 Å². The van der Waals surface area contributed by atoms with E-state index in [1.807, 2.05) is 0 Å². The van der Waals surface area contributed by atoms with Crippen LogP contribution in [0.5, 0.6) is 5.88 Å². The van der Waals surface area contributed by atoms with Gasteiger partial charge in [-0.15, -0.1) is 10.2 Å². The van der Waals surface area contributed by atoms with Crippen LogP contribution in [0.15, 0.2) is 24.5 Å². The predicted octanol–water partition coefficient (Wildman–Crippen LogP) is 2.53. The van der Waals surface area contributed by atoms with E-state index in [-0.39, 0.29) is 24.1 Å². The average Bonchev–Trinajstić information content (AvgIpc) is 3.24. The molecule has 3 rings (SSSR count). The van der Waals surface area contributed by atoms with E-state index in [1.54, 1.807) is 18.2 Å². The van der Waals surface area contributed by atoms with E-state index in [1.165, 1.54) is 18.1 Å². The summed E-state index contributed by atoms with van der Waals surface area (Å²) in [5, 5.41) is 24.3. The van der Waals surface area contributed by atoms with Gasteiger partial charge >= 0.3 is 11.6 Å². The second-order valence-corrected chi connectivity index (χ2v) is 5.95. The SMILES string of the molecule is COc1n[nH]c(C(=O)Nc2ncn(Cc3c(Cl)cccc3Cl)n2)c1[N+](=O)[O-]. The molecule has 1 aromatic carbocycles. The number of rotatable bonds is 6. The topological polar surface area (TPSA) is 141 Å². The van der Waals surface area contributed by atoms with E-state index >= 15 is 0 Å². The van der Waals surface area contributed by atoms with E-state index < -0.39 is 16.5 Å². The standard InChI is InChI=1S/C14H11Cl2N7O4/c1-27-13-11(23(25)26)10(19-20-13)12(24)18-14-17-6-22(21-14)5-7-8(15)3-2-4-9(7)16/h2-4,6H,5H2,1H3,(H,19,20)(H,18,21,24). The Morgan fingerprint density at radius 1 is 1.41 bits per heavy atom. The van der Waals surface area contributed by atoms with Crippen molar-refractivity contribution in [1.29, 1.82) is 0 Å². The highest BCUT2D eigenvalue weighted by Crippen LogP contribution is 2.28. The van der Waals surface area contributed by atoms with E-state index in [0.29, 0.717) is 15.6 Å². The number of benzene rings is 1. The Balaban J connectivity index is 1.77. The number of ether oxygens (including phenoxy) is 1. The number of aromatic amines is 1. The smallest absolute Gasteiger partial charge is 0.362 e. The summed E-state index contributed by atoms with van der Waals surface area (Å²) >= 11 is 12.2. The van der Waals surface area contributed by atoms with Crippen molar-refractivity contribution in [3.63, 3.8) is 0 Å². The number of nitro groups is 1. The van der Waals surface area contributed by atoms with Crippen molar-refractivity contribution in [2.24, 2.45) is 0 Å². The number of amides is 1. The number of aromatic nitrogens is 5. The fraction of sp³-hybridized carbons (Fsp3) is 0.143. The number of H-pyrrole nitrogens is 1. The highest BCUT2D eigenvalue weighted by Gasteiger charge is 2.30. The number of halogens is 2. The molecule has 0 saturated carbocycles. The zero-order valence-corrected chi connectivity index (χ0v) is 15.2. The minimum atomic E-state index is -0.842. The van der Waals surface area contributed by atoms with Gasteiger partial charge in [0.1, 0.15) is 6.33 Å². The van der Waals surface area contributed by atoms with Gasteiger partial charge in [0.15, 0.2) is 0 Å². The lowest BCUT2D eigenvalue weighted by molar-refractivity contribution is -0.386. The van der Waals surface area contributed by atoms with Crippen LogP contribution in [0.1, 0.15) is 16.1 Å². The number of hydrogen-bond donors (Lipinski definition) is 2. The number of carbonyl (C=O) groups is 1. The van der Waals surface area contributed by atoms with Crippen LogP contribution in [0.4, 0.5) is 11.6 Å². The minimum Gasteiger partial charge on any atom is -0.475 e. The molecular formula is C14H11Cl2N7O4. The number of nitrogens with zero attached hydrogens (tertiary/aromatic N) is 5. The monoisotopic (exact) mass is 411 g/mol. The quantitative estimate of drug-likeness (QED) is 0.468. The van der Waals surface area contributed by atoms with Crippen molar-refractivity contribution < 1.29 is 14.5 Å². The van der Waals surface area contributed by atoms with Gasteiger partial charge in [-0.25, -0.2) is 9.67 Å². The van der Waals surface area contributed by atoms with Crippen LogP contribution in [-0.4, -0.2) is 42.9 Å². The Bertz CT molecular complexity index is 997. The molecule has 27 heavy (non-hydrogen) atoms. The zero-order chi connectivity index (χ0) is 19.6. The van der Waals surface area contributed by atoms with Gasteiger partial charge in [-0.1, -0.05) is 29.3 Å². The maximum Gasteiger partial charge on any atom is 0.362 e. The molecule has 1 amide bonds. The van der Waals surface area contributed by atoms with Crippen LogP contribution in [0, 0.1) is 10.1 Å². The lowest BCUT2D eigenvalue weighted by Gasteiger charge is -2.06. The molecule has 0 aliphatic heterocycles. The molecule has 0 atom stereocenters. The lowest BCUT2D eigenvalue weighted by Crippen LogP contribution is -2.15. The van der Waals surface area contributed by atoms with Crippen molar-refractivity contribution in [2.45, 2.75) is 6.54 Å². The maximum atomic E-state index is 12.3. The Hall–Kier alpha value is -3.18. The summed E-state index contributed by atoms with van der Waals surface area (Å²) in [7, 11) is 1.20. The molecule has 0 saturated heterocycles. The van der Waals surface area contributed by atoms with Gasteiger partial charge in [0.05, 0.1) is 18.6 Å². The first-order valence-electron chi connectivity index (χ1n) is 7.31. The van der Waals surface area contributed by atoms with Gasteiger partial charge in [-0.3, -0.25) is 25.3 Å². The molecule has 3 aromatic rings. The largest absolute Gasteiger partial charge is 0.475 e. The van der Waals surface area contributed by atoms with Crippen LogP contribution in [-0.2, 0) is 6.54 Å². The van der Waals surface area contributed by atoms with Crippen LogP contribution < -0.4 is 10.1 Å². The molecule has 2 aromatic heterocycles. The second-order valence-electron chi connectivity index (χ2n) is 5.13. The molecule has 11 nitrogen and oxygen atoms in total. The lowest BCUT2D eigenvalue weighted by atomic mass is 10.2. The van der Waals surface area contributed by atoms with Gasteiger partial charge in [-0.2, -0.15) is 0 Å². The predicted molar refractivity (Wildman–Crippen MR) is 95.3 cm³/mol. The summed E-state index contributed by atoms with van der Waals surface area (Å²) in [6.07, 6.45) is 1.36. The van der Waals surface area contributed by atoms with Crippen molar-refractivity contribution in [1.82, 2.24) is 25.0 Å². The molecular weight excluding hydrogens is 401 g/mol. The molecule has 0 fully saturated rings. The molecule has 0 bridgehead atoms. The van der Waals surface area contributed by atoms with E-state index in [2.05, 4.69) is 25.6 Å². The third-order valence-corrected chi connectivity index (χ3v) is 4.16. The van der Waals surface area contributed by atoms with Crippen LogP contribution in [0.2, 0.25) is 10.0 Å². The first-order chi connectivity index (χ1) is 12.9. The van der Waals surface area contributed by atoms with Crippen molar-refractivity contribution in [2.75, 3.05) is 12.4 Å². The fourth-order valence-electron chi connectivity index (χ4n) is 2.23. The third-order valence-electron chi connectivity index (χ3n) is 3.46. The Morgan fingerprint density at radius 2 is 2.11 bits per heavy atom. The normalized spacial score (nSPS) is 10.6. The molecule has 140 valence electrons. The molecule has 13 heteroatoms. The van der Waals surface area contributed by atoms with E-state index in [4.69, 9.17) is 27.9 Å². The Kier molecular flexibility index (Phi) is 5.23. The number of hydrogen-bond acceptors (Lipinski definition) is 7. The number of methoxy groups -OCH3 is 1. The van der Waals surface area contributed by atoms with E-state index in [9.17, 15) is 14.9 Å². The first kappa shape index (κ1) is 18.6. The first-order valence-corrected chi connectivity index (χ1v) is 8.06. The Morgan fingerprint density at radius 3 is 2.74 bits per heavy atom. The molecule has 0 radical (unpaired) electrons. The molecule has 2 N–H and O–H groups in total. The highest BCUT2D eigenvalue weighted by molar-refractivity contribution is 6.35. The van der Waals surface area contributed by atoms with Gasteiger partial charge in [-0.05, 0) is 12.1 Å². The number of anilines is 1. The highest BCUT2D eigenvalue weighted by atomic mass is 35.5. The minimum absolute atomic E-state index is 0.0639. The van der Waals surface area contributed by atoms with Crippen LogP contribution in [0.3, 0.4) is 0 Å². The summed E-state index contributed by atoms with van der Waals surface area (Å²) < 4.78 is 6.16. The molecule has 0 unspecified atom stereocenters. The van der Waals surface area contributed by atoms with Gasteiger partial charge in [0, 0.05) is 15.6 Å². The van der Waals surface area contributed by atoms with Gasteiger partial charge in [0.2, 0.25) is 11.6 Å². The number of nitrogens with one attached hydrogen (secondary N) is 2. The molecule has 2 heterocycles. The van der Waals surface area contributed by atoms with Crippen molar-refractivity contribution in [3.05, 3.63) is 55.9 Å². The maximum absolute atomic E-state index is 12.3. The molecule has 0 spiro atoms. The Labute approximate surface area is 161 Å². The zero-order valence-electron chi connectivity index (χ0n) is 13.6. The summed E-state index contributed by atoms with van der Waals surface area (Å²) in [5.74, 6) is -1.21.